The fourth-order valence-corrected chi connectivity index (χ4v) is 2.31. The highest BCUT2D eigenvalue weighted by molar-refractivity contribution is 9.10. The first-order valence-electron chi connectivity index (χ1n) is 5.68. The lowest BCUT2D eigenvalue weighted by Crippen LogP contribution is -2.17. The standard InChI is InChI=1S/C14H20BrN/c1-5-10(2)8-14(16-4)13-7-6-12(15)9-11(13)3/h6-7,9,14,16H,2,5,8H2,1,3-4H3. The summed E-state index contributed by atoms with van der Waals surface area (Å²) in [6.45, 7) is 8.39. The molecule has 0 fully saturated rings. The lowest BCUT2D eigenvalue weighted by Gasteiger charge is -2.20. The third kappa shape index (κ3) is 3.46. The molecule has 0 aromatic heterocycles. The predicted octanol–water partition coefficient (Wildman–Crippen LogP) is 4.37. The quantitative estimate of drug-likeness (QED) is 0.790. The molecule has 0 radical (unpaired) electrons. The number of aryl methyl sites for hydroxylation is 1. The molecule has 1 aromatic carbocycles. The van der Waals surface area contributed by atoms with E-state index in [9.17, 15) is 0 Å². The zero-order valence-electron chi connectivity index (χ0n) is 10.3. The van der Waals surface area contributed by atoms with Gasteiger partial charge in [0.15, 0.2) is 0 Å². The van der Waals surface area contributed by atoms with Gasteiger partial charge in [-0.3, -0.25) is 0 Å². The lowest BCUT2D eigenvalue weighted by molar-refractivity contribution is 0.579. The van der Waals surface area contributed by atoms with Gasteiger partial charge in [0, 0.05) is 10.5 Å². The molecule has 0 aliphatic heterocycles. The van der Waals surface area contributed by atoms with Gasteiger partial charge in [-0.05, 0) is 50.1 Å². The number of hydrogen-bond acceptors (Lipinski definition) is 1. The van der Waals surface area contributed by atoms with Gasteiger partial charge in [-0.15, -0.1) is 0 Å². The Kier molecular flexibility index (Phi) is 5.23. The zero-order chi connectivity index (χ0) is 12.1. The van der Waals surface area contributed by atoms with Crippen LogP contribution in [0.1, 0.15) is 36.9 Å². The van der Waals surface area contributed by atoms with Crippen molar-refractivity contribution in [2.75, 3.05) is 7.05 Å². The molecule has 16 heavy (non-hydrogen) atoms. The Balaban J connectivity index is 2.90. The minimum Gasteiger partial charge on any atom is -0.313 e. The molecule has 0 spiro atoms. The summed E-state index contributed by atoms with van der Waals surface area (Å²) >= 11 is 3.49. The number of hydrogen-bond donors (Lipinski definition) is 1. The Hall–Kier alpha value is -0.600. The largest absolute Gasteiger partial charge is 0.313 e. The molecule has 0 aliphatic rings. The van der Waals surface area contributed by atoms with Crippen LogP contribution in [-0.2, 0) is 0 Å². The number of nitrogens with one attached hydrogen (secondary N) is 1. The van der Waals surface area contributed by atoms with Gasteiger partial charge in [0.2, 0.25) is 0 Å². The molecule has 1 N–H and O–H groups in total. The maximum Gasteiger partial charge on any atom is 0.0357 e. The van der Waals surface area contributed by atoms with Crippen LogP contribution >= 0.6 is 15.9 Å². The SMILES string of the molecule is C=C(CC)CC(NC)c1ccc(Br)cc1C. The van der Waals surface area contributed by atoms with E-state index < -0.39 is 0 Å². The summed E-state index contributed by atoms with van der Waals surface area (Å²) in [5.74, 6) is 0. The Labute approximate surface area is 107 Å². The molecule has 0 bridgehead atoms. The normalized spacial score (nSPS) is 12.5. The summed E-state index contributed by atoms with van der Waals surface area (Å²) in [6, 6.07) is 6.82. The predicted molar refractivity (Wildman–Crippen MR) is 74.7 cm³/mol. The van der Waals surface area contributed by atoms with Crippen molar-refractivity contribution in [3.63, 3.8) is 0 Å². The van der Waals surface area contributed by atoms with Gasteiger partial charge in [-0.1, -0.05) is 41.1 Å². The molecule has 88 valence electrons. The maximum atomic E-state index is 4.08. The smallest absolute Gasteiger partial charge is 0.0357 e. The van der Waals surface area contributed by atoms with E-state index in [2.05, 4.69) is 59.9 Å². The van der Waals surface area contributed by atoms with Crippen molar-refractivity contribution in [2.24, 2.45) is 0 Å². The van der Waals surface area contributed by atoms with Gasteiger partial charge < -0.3 is 5.32 Å². The van der Waals surface area contributed by atoms with Gasteiger partial charge in [0.25, 0.3) is 0 Å². The molecule has 0 amide bonds. The van der Waals surface area contributed by atoms with Crippen molar-refractivity contribution in [1.82, 2.24) is 5.32 Å². The van der Waals surface area contributed by atoms with E-state index in [1.165, 1.54) is 16.7 Å². The molecule has 0 saturated heterocycles. The molecule has 1 aromatic rings. The third-order valence-corrected chi connectivity index (χ3v) is 3.44. The monoisotopic (exact) mass is 281 g/mol. The zero-order valence-corrected chi connectivity index (χ0v) is 11.9. The van der Waals surface area contributed by atoms with Gasteiger partial charge >= 0.3 is 0 Å². The molecule has 2 heteroatoms. The first kappa shape index (κ1) is 13.5. The summed E-state index contributed by atoms with van der Waals surface area (Å²) in [6.07, 6.45) is 2.06. The highest BCUT2D eigenvalue weighted by Crippen LogP contribution is 2.26. The van der Waals surface area contributed by atoms with Crippen molar-refractivity contribution in [3.05, 3.63) is 46.0 Å². The van der Waals surface area contributed by atoms with Crippen LogP contribution in [0, 0.1) is 6.92 Å². The maximum absolute atomic E-state index is 4.08. The number of benzene rings is 1. The Morgan fingerprint density at radius 3 is 2.69 bits per heavy atom. The average Bonchev–Trinajstić information content (AvgIpc) is 2.26. The van der Waals surface area contributed by atoms with Gasteiger partial charge in [0.1, 0.15) is 0 Å². The van der Waals surface area contributed by atoms with Crippen LogP contribution in [0.4, 0.5) is 0 Å². The molecule has 1 rings (SSSR count). The molecule has 0 aliphatic carbocycles. The second-order valence-electron chi connectivity index (χ2n) is 4.15. The van der Waals surface area contributed by atoms with Crippen LogP contribution in [0.15, 0.2) is 34.8 Å². The summed E-state index contributed by atoms with van der Waals surface area (Å²) in [7, 11) is 2.01. The van der Waals surface area contributed by atoms with Gasteiger partial charge in [-0.25, -0.2) is 0 Å². The summed E-state index contributed by atoms with van der Waals surface area (Å²) in [4.78, 5) is 0. The highest BCUT2D eigenvalue weighted by Gasteiger charge is 2.12. The van der Waals surface area contributed by atoms with Crippen LogP contribution in [0.25, 0.3) is 0 Å². The van der Waals surface area contributed by atoms with Crippen molar-refractivity contribution >= 4 is 15.9 Å². The van der Waals surface area contributed by atoms with E-state index in [1.54, 1.807) is 0 Å². The van der Waals surface area contributed by atoms with Gasteiger partial charge in [-0.2, -0.15) is 0 Å². The second kappa shape index (κ2) is 6.21. The van der Waals surface area contributed by atoms with Crippen LogP contribution in [0.5, 0.6) is 0 Å². The van der Waals surface area contributed by atoms with Crippen LogP contribution < -0.4 is 5.32 Å². The van der Waals surface area contributed by atoms with E-state index >= 15 is 0 Å². The van der Waals surface area contributed by atoms with E-state index in [0.29, 0.717) is 6.04 Å². The Bertz CT molecular complexity index is 371. The fourth-order valence-electron chi connectivity index (χ4n) is 1.83. The van der Waals surface area contributed by atoms with Crippen molar-refractivity contribution < 1.29 is 0 Å². The molecular weight excluding hydrogens is 262 g/mol. The van der Waals surface area contributed by atoms with E-state index in [-0.39, 0.29) is 0 Å². The molecule has 0 heterocycles. The molecule has 0 saturated carbocycles. The van der Waals surface area contributed by atoms with Crippen LogP contribution in [-0.4, -0.2) is 7.05 Å². The summed E-state index contributed by atoms with van der Waals surface area (Å²) < 4.78 is 1.14. The van der Waals surface area contributed by atoms with E-state index in [0.717, 1.165) is 17.3 Å². The van der Waals surface area contributed by atoms with E-state index in [1.807, 2.05) is 7.05 Å². The number of rotatable bonds is 5. The Morgan fingerprint density at radius 2 is 2.19 bits per heavy atom. The summed E-state index contributed by atoms with van der Waals surface area (Å²) in [5.41, 5.74) is 3.97. The van der Waals surface area contributed by atoms with Gasteiger partial charge in [0.05, 0.1) is 0 Å². The third-order valence-electron chi connectivity index (χ3n) is 2.95. The molecule has 1 unspecified atom stereocenters. The van der Waals surface area contributed by atoms with Crippen LogP contribution in [0.2, 0.25) is 0 Å². The van der Waals surface area contributed by atoms with Crippen LogP contribution in [0.3, 0.4) is 0 Å². The topological polar surface area (TPSA) is 12.0 Å². The molecule has 1 nitrogen and oxygen atoms in total. The van der Waals surface area contributed by atoms with Crippen molar-refractivity contribution in [2.45, 2.75) is 32.7 Å². The average molecular weight is 282 g/mol. The minimum atomic E-state index is 0.376. The fraction of sp³-hybridized carbons (Fsp3) is 0.429. The highest BCUT2D eigenvalue weighted by atomic mass is 79.9. The molecule has 1 atom stereocenters. The minimum absolute atomic E-state index is 0.376. The first-order chi connectivity index (χ1) is 7.58. The number of halogens is 1. The Morgan fingerprint density at radius 1 is 1.50 bits per heavy atom. The summed E-state index contributed by atoms with van der Waals surface area (Å²) in [5, 5.41) is 3.37. The van der Waals surface area contributed by atoms with Crippen molar-refractivity contribution in [1.29, 1.82) is 0 Å². The van der Waals surface area contributed by atoms with Crippen molar-refractivity contribution in [3.8, 4) is 0 Å². The van der Waals surface area contributed by atoms with E-state index in [4.69, 9.17) is 0 Å². The molecular formula is C14H20BrN. The first-order valence-corrected chi connectivity index (χ1v) is 6.47. The lowest BCUT2D eigenvalue weighted by atomic mass is 9.95. The second-order valence-corrected chi connectivity index (χ2v) is 5.07.